The zero-order valence-corrected chi connectivity index (χ0v) is 13.8. The minimum atomic E-state index is -0.448. The lowest BCUT2D eigenvalue weighted by Gasteiger charge is -2.15. The molecule has 0 spiro atoms. The second-order valence-electron chi connectivity index (χ2n) is 4.90. The average Bonchev–Trinajstić information content (AvgIpc) is 2.57. The first-order chi connectivity index (χ1) is 11.5. The average molecular weight is 332 g/mol. The van der Waals surface area contributed by atoms with Gasteiger partial charge in [0, 0.05) is 23.7 Å². The van der Waals surface area contributed by atoms with Crippen LogP contribution in [0.4, 0.5) is 11.8 Å². The zero-order valence-electron chi connectivity index (χ0n) is 13.8. The summed E-state index contributed by atoms with van der Waals surface area (Å²) in [4.78, 5) is 19.8. The Balaban J connectivity index is 2.46. The minimum absolute atomic E-state index is 0.104. The number of methoxy groups -OCH3 is 2. The molecule has 4 N–H and O–H groups in total. The highest BCUT2D eigenvalue weighted by atomic mass is 16.5. The summed E-state index contributed by atoms with van der Waals surface area (Å²) >= 11 is 0. The van der Waals surface area contributed by atoms with Crippen molar-refractivity contribution in [1.29, 1.82) is 0 Å². The smallest absolute Gasteiger partial charge is 0.338 e. The molecule has 1 aromatic carbocycles. The van der Waals surface area contributed by atoms with Gasteiger partial charge in [0.25, 0.3) is 0 Å². The quantitative estimate of drug-likeness (QED) is 0.762. The van der Waals surface area contributed by atoms with E-state index in [9.17, 15) is 4.79 Å². The van der Waals surface area contributed by atoms with E-state index in [1.165, 1.54) is 14.2 Å². The second-order valence-corrected chi connectivity index (χ2v) is 4.90. The fraction of sp³-hybridized carbons (Fsp3) is 0.312. The number of esters is 1. The largest absolute Gasteiger partial charge is 0.496 e. The van der Waals surface area contributed by atoms with Crippen molar-refractivity contribution in [2.24, 2.45) is 0 Å². The van der Waals surface area contributed by atoms with Crippen molar-refractivity contribution >= 4 is 17.7 Å². The molecule has 0 aliphatic rings. The number of aromatic nitrogens is 2. The number of nitrogens with two attached hydrogens (primary N) is 2. The lowest BCUT2D eigenvalue weighted by Crippen LogP contribution is -2.08. The first-order valence-electron chi connectivity index (χ1n) is 7.29. The van der Waals surface area contributed by atoms with E-state index < -0.39 is 5.97 Å². The lowest BCUT2D eigenvalue weighted by atomic mass is 10.0. The Morgan fingerprint density at radius 2 is 1.79 bits per heavy atom. The number of nitrogens with zero attached hydrogens (tertiary/aromatic N) is 2. The van der Waals surface area contributed by atoms with Gasteiger partial charge in [-0.1, -0.05) is 0 Å². The van der Waals surface area contributed by atoms with Gasteiger partial charge >= 0.3 is 5.97 Å². The SMILES string of the molecule is CCOC(=O)c1cc(OC)c(Cc2cnc(N)nc2N)c(OC)c1. The third-order valence-electron chi connectivity index (χ3n) is 3.40. The Morgan fingerprint density at radius 1 is 1.17 bits per heavy atom. The molecular formula is C16H20N4O4. The molecule has 24 heavy (non-hydrogen) atoms. The molecule has 0 amide bonds. The Bertz CT molecular complexity index is 724. The number of carbonyl (C=O) groups excluding carboxylic acids is 1. The maximum absolute atomic E-state index is 12.0. The molecule has 2 aromatic rings. The Labute approximate surface area is 139 Å². The number of carbonyl (C=O) groups is 1. The number of anilines is 2. The number of ether oxygens (including phenoxy) is 3. The summed E-state index contributed by atoms with van der Waals surface area (Å²) in [5.41, 5.74) is 13.1. The predicted molar refractivity (Wildman–Crippen MR) is 89.2 cm³/mol. The Kier molecular flexibility index (Phi) is 5.41. The fourth-order valence-electron chi connectivity index (χ4n) is 2.25. The summed E-state index contributed by atoms with van der Waals surface area (Å²) in [7, 11) is 3.02. The third-order valence-corrected chi connectivity index (χ3v) is 3.40. The van der Waals surface area contributed by atoms with Gasteiger partial charge in [0.2, 0.25) is 5.95 Å². The zero-order chi connectivity index (χ0) is 17.7. The summed E-state index contributed by atoms with van der Waals surface area (Å²) in [6.07, 6.45) is 1.91. The highest BCUT2D eigenvalue weighted by molar-refractivity contribution is 5.90. The topological polar surface area (TPSA) is 123 Å². The molecular weight excluding hydrogens is 312 g/mol. The van der Waals surface area contributed by atoms with Gasteiger partial charge < -0.3 is 25.7 Å². The van der Waals surface area contributed by atoms with E-state index in [1.807, 2.05) is 0 Å². The number of hydrogen-bond donors (Lipinski definition) is 2. The van der Waals surface area contributed by atoms with Gasteiger partial charge in [-0.15, -0.1) is 0 Å². The molecule has 0 unspecified atom stereocenters. The maximum Gasteiger partial charge on any atom is 0.338 e. The van der Waals surface area contributed by atoms with Crippen molar-refractivity contribution in [3.8, 4) is 11.5 Å². The van der Waals surface area contributed by atoms with Crippen LogP contribution in [0, 0.1) is 0 Å². The van der Waals surface area contributed by atoms with E-state index in [0.29, 0.717) is 34.6 Å². The molecule has 8 heteroatoms. The fourth-order valence-corrected chi connectivity index (χ4v) is 2.25. The molecule has 0 saturated heterocycles. The predicted octanol–water partition coefficient (Wildman–Crippen LogP) is 1.43. The number of hydrogen-bond acceptors (Lipinski definition) is 8. The van der Waals surface area contributed by atoms with Crippen molar-refractivity contribution < 1.29 is 19.0 Å². The lowest BCUT2D eigenvalue weighted by molar-refractivity contribution is 0.0525. The number of nitrogen functional groups attached to an aromatic ring is 2. The highest BCUT2D eigenvalue weighted by Gasteiger charge is 2.18. The van der Waals surface area contributed by atoms with Crippen LogP contribution in [0.2, 0.25) is 0 Å². The third kappa shape index (κ3) is 3.65. The Morgan fingerprint density at radius 3 is 2.29 bits per heavy atom. The van der Waals surface area contributed by atoms with Crippen LogP contribution < -0.4 is 20.9 Å². The van der Waals surface area contributed by atoms with E-state index in [0.717, 1.165) is 0 Å². The van der Waals surface area contributed by atoms with Crippen LogP contribution >= 0.6 is 0 Å². The first kappa shape index (κ1) is 17.3. The normalized spacial score (nSPS) is 10.3. The van der Waals surface area contributed by atoms with E-state index in [4.69, 9.17) is 25.7 Å². The molecule has 0 radical (unpaired) electrons. The molecule has 0 aliphatic carbocycles. The second kappa shape index (κ2) is 7.49. The molecule has 0 fully saturated rings. The van der Waals surface area contributed by atoms with E-state index >= 15 is 0 Å². The van der Waals surface area contributed by atoms with Gasteiger partial charge in [0.05, 0.1) is 26.4 Å². The van der Waals surface area contributed by atoms with Gasteiger partial charge in [-0.2, -0.15) is 4.98 Å². The molecule has 1 aromatic heterocycles. The van der Waals surface area contributed by atoms with Crippen LogP contribution in [0.25, 0.3) is 0 Å². The van der Waals surface area contributed by atoms with E-state index in [2.05, 4.69) is 9.97 Å². The van der Waals surface area contributed by atoms with Gasteiger partial charge in [-0.25, -0.2) is 9.78 Å². The minimum Gasteiger partial charge on any atom is -0.496 e. The standard InChI is InChI=1S/C16H20N4O4/c1-4-24-15(21)9-6-12(22-2)11(13(7-9)23-3)5-10-8-19-16(18)20-14(10)17/h6-8H,4-5H2,1-3H3,(H4,17,18,19,20). The summed E-state index contributed by atoms with van der Waals surface area (Å²) in [6, 6.07) is 3.20. The van der Waals surface area contributed by atoms with Crippen LogP contribution in [0.15, 0.2) is 18.3 Å². The maximum atomic E-state index is 12.0. The molecule has 8 nitrogen and oxygen atoms in total. The van der Waals surface area contributed by atoms with Crippen molar-refractivity contribution in [2.45, 2.75) is 13.3 Å². The summed E-state index contributed by atoms with van der Waals surface area (Å²) in [6.45, 7) is 2.02. The van der Waals surface area contributed by atoms with Crippen LogP contribution in [0.1, 0.15) is 28.4 Å². The van der Waals surface area contributed by atoms with Crippen LogP contribution in [-0.2, 0) is 11.2 Å². The molecule has 0 atom stereocenters. The number of rotatable bonds is 6. The van der Waals surface area contributed by atoms with Gasteiger partial charge in [0.15, 0.2) is 0 Å². The van der Waals surface area contributed by atoms with Crippen LogP contribution in [0.5, 0.6) is 11.5 Å². The van der Waals surface area contributed by atoms with Gasteiger partial charge in [-0.3, -0.25) is 0 Å². The summed E-state index contributed by atoms with van der Waals surface area (Å²) in [5, 5.41) is 0. The van der Waals surface area contributed by atoms with Crippen molar-refractivity contribution in [3.63, 3.8) is 0 Å². The molecule has 0 bridgehead atoms. The molecule has 128 valence electrons. The molecule has 0 aliphatic heterocycles. The first-order valence-corrected chi connectivity index (χ1v) is 7.29. The van der Waals surface area contributed by atoms with E-state index in [1.54, 1.807) is 25.3 Å². The van der Waals surface area contributed by atoms with Crippen LogP contribution in [-0.4, -0.2) is 36.8 Å². The number of benzene rings is 1. The van der Waals surface area contributed by atoms with Gasteiger partial charge in [0.1, 0.15) is 17.3 Å². The summed E-state index contributed by atoms with van der Waals surface area (Å²) in [5.74, 6) is 0.896. The van der Waals surface area contributed by atoms with E-state index in [-0.39, 0.29) is 18.4 Å². The molecule has 1 heterocycles. The van der Waals surface area contributed by atoms with Crippen molar-refractivity contribution in [3.05, 3.63) is 35.0 Å². The molecule has 2 rings (SSSR count). The van der Waals surface area contributed by atoms with Gasteiger partial charge in [-0.05, 0) is 19.1 Å². The summed E-state index contributed by atoms with van der Waals surface area (Å²) < 4.78 is 15.8. The Hall–Kier alpha value is -3.03. The van der Waals surface area contributed by atoms with Crippen molar-refractivity contribution in [1.82, 2.24) is 9.97 Å². The monoisotopic (exact) mass is 332 g/mol. The molecule has 0 saturated carbocycles. The highest BCUT2D eigenvalue weighted by Crippen LogP contribution is 2.33. The van der Waals surface area contributed by atoms with Crippen LogP contribution in [0.3, 0.4) is 0 Å². The van der Waals surface area contributed by atoms with Crippen molar-refractivity contribution in [2.75, 3.05) is 32.3 Å².